The molecule has 5 heteroatoms. The molecule has 1 aliphatic carbocycles. The van der Waals surface area contributed by atoms with E-state index in [1.54, 1.807) is 13.0 Å². The maximum absolute atomic E-state index is 13.7. The number of esters is 1. The van der Waals surface area contributed by atoms with Crippen molar-refractivity contribution >= 4 is 19.9 Å². The molecule has 1 aliphatic rings. The zero-order valence-corrected chi connectivity index (χ0v) is 16.4. The lowest BCUT2D eigenvalue weighted by atomic mass is 10.1. The van der Waals surface area contributed by atoms with Crippen LogP contribution in [0.5, 0.6) is 0 Å². The molecule has 3 nitrogen and oxygen atoms in total. The molecule has 1 unspecified atom stereocenters. The fourth-order valence-electron chi connectivity index (χ4n) is 2.61. The van der Waals surface area contributed by atoms with E-state index < -0.39 is 14.3 Å². The first-order chi connectivity index (χ1) is 11.0. The first-order valence-corrected chi connectivity index (χ1v) is 11.3. The van der Waals surface area contributed by atoms with Crippen LogP contribution in [-0.2, 0) is 14.0 Å². The molecule has 0 radical (unpaired) electrons. The van der Waals surface area contributed by atoms with Crippen molar-refractivity contribution in [1.29, 1.82) is 0 Å². The summed E-state index contributed by atoms with van der Waals surface area (Å²) in [7, 11) is -1.97. The first-order valence-electron chi connectivity index (χ1n) is 8.40. The Kier molecular flexibility index (Phi) is 5.35. The Bertz CT molecular complexity index is 659. The third kappa shape index (κ3) is 3.95. The number of benzene rings is 1. The summed E-state index contributed by atoms with van der Waals surface area (Å²) in [5.41, 5.74) is 2.50. The molecule has 0 bridgehead atoms. The Morgan fingerprint density at radius 2 is 2.04 bits per heavy atom. The molecule has 1 aromatic rings. The van der Waals surface area contributed by atoms with Crippen LogP contribution in [-0.4, -0.2) is 20.9 Å². The highest BCUT2D eigenvalue weighted by molar-refractivity contribution is 6.74. The van der Waals surface area contributed by atoms with Crippen molar-refractivity contribution in [3.05, 3.63) is 41.2 Å². The van der Waals surface area contributed by atoms with Gasteiger partial charge in [0.15, 0.2) is 8.32 Å². The molecule has 24 heavy (non-hydrogen) atoms. The van der Waals surface area contributed by atoms with Gasteiger partial charge in [-0.1, -0.05) is 26.8 Å². The Labute approximate surface area is 145 Å². The maximum atomic E-state index is 13.7. The van der Waals surface area contributed by atoms with Gasteiger partial charge in [0.2, 0.25) is 0 Å². The normalized spacial score (nSPS) is 19.5. The number of halogens is 1. The van der Waals surface area contributed by atoms with Crippen molar-refractivity contribution in [3.8, 4) is 0 Å². The molecule has 132 valence electrons. The molecule has 0 aliphatic heterocycles. The van der Waals surface area contributed by atoms with Crippen LogP contribution in [0.15, 0.2) is 24.3 Å². The zero-order valence-electron chi connectivity index (χ0n) is 15.4. The monoisotopic (exact) mass is 350 g/mol. The topological polar surface area (TPSA) is 35.5 Å². The van der Waals surface area contributed by atoms with Gasteiger partial charge in [0.05, 0.1) is 12.7 Å². The van der Waals surface area contributed by atoms with E-state index in [1.807, 2.05) is 0 Å². The van der Waals surface area contributed by atoms with E-state index in [9.17, 15) is 9.18 Å². The zero-order chi connectivity index (χ0) is 18.1. The van der Waals surface area contributed by atoms with Crippen LogP contribution < -0.4 is 0 Å². The summed E-state index contributed by atoms with van der Waals surface area (Å²) in [5, 5.41) is 0.0841. The van der Waals surface area contributed by atoms with Gasteiger partial charge in [-0.3, -0.25) is 0 Å². The average Bonchev–Trinajstić information content (AvgIpc) is 2.74. The van der Waals surface area contributed by atoms with Gasteiger partial charge in [0.25, 0.3) is 0 Å². The molecule has 0 saturated carbocycles. The summed E-state index contributed by atoms with van der Waals surface area (Å²) < 4.78 is 25.2. The van der Waals surface area contributed by atoms with Gasteiger partial charge in [-0.05, 0) is 53.9 Å². The SMILES string of the molecule is CCOC(=O)/C=C1/CC(O[Si](C)(C)C(C)(C)C)c2ccc(F)cc21. The fraction of sp³-hybridized carbons (Fsp3) is 0.526. The maximum Gasteiger partial charge on any atom is 0.331 e. The Morgan fingerprint density at radius 3 is 2.62 bits per heavy atom. The highest BCUT2D eigenvalue weighted by Gasteiger charge is 2.41. The van der Waals surface area contributed by atoms with E-state index in [4.69, 9.17) is 9.16 Å². The molecule has 0 amide bonds. The molecule has 0 heterocycles. The van der Waals surface area contributed by atoms with Crippen LogP contribution in [0.3, 0.4) is 0 Å². The smallest absolute Gasteiger partial charge is 0.331 e. The second-order valence-electron chi connectivity index (χ2n) is 7.72. The summed E-state index contributed by atoms with van der Waals surface area (Å²) in [4.78, 5) is 11.8. The third-order valence-electron chi connectivity index (χ3n) is 4.94. The number of carbonyl (C=O) groups excluding carboxylic acids is 1. The van der Waals surface area contributed by atoms with E-state index >= 15 is 0 Å². The molecule has 1 atom stereocenters. The van der Waals surface area contributed by atoms with E-state index in [-0.39, 0.29) is 17.0 Å². The van der Waals surface area contributed by atoms with Crippen LogP contribution in [0, 0.1) is 5.82 Å². The van der Waals surface area contributed by atoms with Crippen molar-refractivity contribution in [1.82, 2.24) is 0 Å². The summed E-state index contributed by atoms with van der Waals surface area (Å²) in [6.45, 7) is 13.1. The Balaban J connectivity index is 2.36. The number of rotatable bonds is 4. The lowest BCUT2D eigenvalue weighted by molar-refractivity contribution is -0.137. The predicted molar refractivity (Wildman–Crippen MR) is 96.7 cm³/mol. The van der Waals surface area contributed by atoms with Crippen LogP contribution in [0.2, 0.25) is 18.1 Å². The molecule has 0 aromatic heterocycles. The fourth-order valence-corrected chi connectivity index (χ4v) is 3.88. The highest BCUT2D eigenvalue weighted by Crippen LogP contribution is 2.47. The minimum absolute atomic E-state index is 0.0841. The summed E-state index contributed by atoms with van der Waals surface area (Å²) >= 11 is 0. The summed E-state index contributed by atoms with van der Waals surface area (Å²) in [5.74, 6) is -0.702. The average molecular weight is 351 g/mol. The molecule has 0 N–H and O–H groups in total. The molecular formula is C19H27FO3Si. The largest absolute Gasteiger partial charge is 0.463 e. The number of hydrogen-bond donors (Lipinski definition) is 0. The standard InChI is InChI=1S/C19H27FO3Si/c1-7-22-18(21)11-13-10-17(23-24(5,6)19(2,3)4)15-9-8-14(20)12-16(13)15/h8-9,11-12,17H,7,10H2,1-6H3/b13-11-. The second-order valence-corrected chi connectivity index (χ2v) is 12.5. The van der Waals surface area contributed by atoms with Crippen molar-refractivity contribution in [2.45, 2.75) is 58.4 Å². The van der Waals surface area contributed by atoms with E-state index in [1.165, 1.54) is 18.2 Å². The predicted octanol–water partition coefficient (Wildman–Crippen LogP) is 5.24. The van der Waals surface area contributed by atoms with Crippen LogP contribution >= 0.6 is 0 Å². The first kappa shape index (κ1) is 18.9. The van der Waals surface area contributed by atoms with Crippen molar-refractivity contribution in [3.63, 3.8) is 0 Å². The molecule has 2 rings (SSSR count). The summed E-state index contributed by atoms with van der Waals surface area (Å²) in [6.07, 6.45) is 1.91. The lowest BCUT2D eigenvalue weighted by Gasteiger charge is -2.38. The van der Waals surface area contributed by atoms with Gasteiger partial charge in [-0.25, -0.2) is 9.18 Å². The number of fused-ring (bicyclic) bond motifs is 1. The molecule has 0 fully saturated rings. The van der Waals surface area contributed by atoms with Crippen molar-refractivity contribution < 1.29 is 18.3 Å². The second kappa shape index (κ2) is 6.80. The van der Waals surface area contributed by atoms with E-state index in [2.05, 4.69) is 33.9 Å². The lowest BCUT2D eigenvalue weighted by Crippen LogP contribution is -2.41. The molecule has 0 saturated heterocycles. The van der Waals surface area contributed by atoms with Gasteiger partial charge in [-0.15, -0.1) is 0 Å². The third-order valence-corrected chi connectivity index (χ3v) is 9.42. The molecular weight excluding hydrogens is 323 g/mol. The Morgan fingerprint density at radius 1 is 1.38 bits per heavy atom. The van der Waals surface area contributed by atoms with E-state index in [0.29, 0.717) is 13.0 Å². The van der Waals surface area contributed by atoms with Crippen molar-refractivity contribution in [2.75, 3.05) is 6.61 Å². The number of carbonyl (C=O) groups is 1. The number of ether oxygens (including phenoxy) is 1. The summed E-state index contributed by atoms with van der Waals surface area (Å²) in [6, 6.07) is 4.71. The van der Waals surface area contributed by atoms with Gasteiger partial charge in [0.1, 0.15) is 5.82 Å². The minimum Gasteiger partial charge on any atom is -0.463 e. The minimum atomic E-state index is -1.97. The van der Waals surface area contributed by atoms with Crippen LogP contribution in [0.4, 0.5) is 4.39 Å². The Hall–Kier alpha value is -1.46. The van der Waals surface area contributed by atoms with Gasteiger partial charge >= 0.3 is 5.97 Å². The number of hydrogen-bond acceptors (Lipinski definition) is 3. The highest BCUT2D eigenvalue weighted by atomic mass is 28.4. The van der Waals surface area contributed by atoms with Gasteiger partial charge in [0, 0.05) is 12.5 Å². The van der Waals surface area contributed by atoms with Crippen LogP contribution in [0.25, 0.3) is 5.57 Å². The van der Waals surface area contributed by atoms with Gasteiger partial charge < -0.3 is 9.16 Å². The van der Waals surface area contributed by atoms with Gasteiger partial charge in [-0.2, -0.15) is 0 Å². The quantitative estimate of drug-likeness (QED) is 0.423. The van der Waals surface area contributed by atoms with Crippen LogP contribution in [0.1, 0.15) is 51.3 Å². The van der Waals surface area contributed by atoms with Crippen molar-refractivity contribution in [2.24, 2.45) is 0 Å². The van der Waals surface area contributed by atoms with E-state index in [0.717, 1.165) is 16.7 Å². The molecule has 1 aromatic carbocycles. The molecule has 0 spiro atoms.